The summed E-state index contributed by atoms with van der Waals surface area (Å²) < 4.78 is 1.01. The Balaban J connectivity index is 2.17. The van der Waals surface area contributed by atoms with Crippen molar-refractivity contribution in [1.29, 1.82) is 0 Å². The molecule has 0 unspecified atom stereocenters. The number of aromatic amines is 1. The fourth-order valence-corrected chi connectivity index (χ4v) is 3.29. The Bertz CT molecular complexity index is 884. The molecule has 2 heterocycles. The van der Waals surface area contributed by atoms with Crippen LogP contribution in [0, 0.1) is 0 Å². The number of H-pyrrole nitrogens is 1. The first-order valence-corrected chi connectivity index (χ1v) is 7.60. The van der Waals surface area contributed by atoms with Crippen LogP contribution in [0.5, 0.6) is 5.75 Å². The minimum absolute atomic E-state index is 0.116. The smallest absolute Gasteiger partial charge is 0.348 e. The van der Waals surface area contributed by atoms with Crippen LogP contribution in [0.4, 0.5) is 0 Å². The zero-order valence-electron chi connectivity index (χ0n) is 10.1. The van der Waals surface area contributed by atoms with Crippen LogP contribution >= 0.6 is 46.1 Å². The molecule has 0 spiro atoms. The van der Waals surface area contributed by atoms with Crippen molar-refractivity contribution in [3.05, 3.63) is 49.1 Å². The van der Waals surface area contributed by atoms with Crippen molar-refractivity contribution in [3.63, 3.8) is 0 Å². The number of thiophene rings is 1. The van der Waals surface area contributed by atoms with Crippen LogP contribution in [0.25, 0.3) is 16.4 Å². The zero-order valence-corrected chi connectivity index (χ0v) is 13.2. The number of benzene rings is 1. The van der Waals surface area contributed by atoms with Crippen LogP contribution in [0.2, 0.25) is 15.1 Å². The third-order valence-corrected chi connectivity index (χ3v) is 4.94. The van der Waals surface area contributed by atoms with Crippen molar-refractivity contribution in [1.82, 2.24) is 14.8 Å². The molecule has 0 aliphatic heterocycles. The predicted molar refractivity (Wildman–Crippen MR) is 84.2 cm³/mol. The molecule has 0 saturated carbocycles. The Kier molecular flexibility index (Phi) is 3.71. The Morgan fingerprint density at radius 2 is 2.05 bits per heavy atom. The normalized spacial score (nSPS) is 11.0. The second-order valence-corrected chi connectivity index (χ2v) is 6.15. The molecular formula is C12H6Cl3N3O2S. The molecule has 0 amide bonds. The van der Waals surface area contributed by atoms with Crippen LogP contribution in [-0.4, -0.2) is 19.9 Å². The van der Waals surface area contributed by atoms with Crippen molar-refractivity contribution in [3.8, 4) is 22.1 Å². The summed E-state index contributed by atoms with van der Waals surface area (Å²) in [4.78, 5) is 15.1. The minimum atomic E-state index is -0.525. The Hall–Kier alpha value is -1.47. The monoisotopic (exact) mass is 361 g/mol. The molecule has 1 aromatic carbocycles. The minimum Gasteiger partial charge on any atom is -0.506 e. The van der Waals surface area contributed by atoms with Gasteiger partial charge in [-0.25, -0.2) is 4.79 Å². The van der Waals surface area contributed by atoms with E-state index in [1.807, 2.05) is 0 Å². The lowest BCUT2D eigenvalue weighted by atomic mass is 10.3. The third-order valence-electron chi connectivity index (χ3n) is 2.69. The summed E-state index contributed by atoms with van der Waals surface area (Å²) in [5.41, 5.74) is -0.350. The maximum Gasteiger partial charge on any atom is 0.348 e. The van der Waals surface area contributed by atoms with E-state index in [-0.39, 0.29) is 17.3 Å². The first-order chi connectivity index (χ1) is 9.97. The molecular weight excluding hydrogens is 357 g/mol. The molecule has 0 aliphatic rings. The zero-order chi connectivity index (χ0) is 15.1. The van der Waals surface area contributed by atoms with Gasteiger partial charge in [0.15, 0.2) is 5.82 Å². The molecule has 0 atom stereocenters. The number of hydrogen-bond acceptors (Lipinski definition) is 4. The van der Waals surface area contributed by atoms with E-state index in [1.165, 1.54) is 29.5 Å². The largest absolute Gasteiger partial charge is 0.506 e. The van der Waals surface area contributed by atoms with E-state index in [0.717, 1.165) is 4.68 Å². The second kappa shape index (κ2) is 5.38. The van der Waals surface area contributed by atoms with E-state index in [9.17, 15) is 9.90 Å². The summed E-state index contributed by atoms with van der Waals surface area (Å²) >= 11 is 19.1. The highest BCUT2D eigenvalue weighted by Crippen LogP contribution is 2.37. The summed E-state index contributed by atoms with van der Waals surface area (Å²) in [5, 5.41) is 16.7. The molecule has 3 aromatic rings. The van der Waals surface area contributed by atoms with Crippen LogP contribution in [0.3, 0.4) is 0 Å². The lowest BCUT2D eigenvalue weighted by Gasteiger charge is -2.02. The number of nitrogens with one attached hydrogen (secondary N) is 1. The van der Waals surface area contributed by atoms with Crippen LogP contribution in [-0.2, 0) is 0 Å². The number of hydrogen-bond donors (Lipinski definition) is 2. The Labute approximate surface area is 137 Å². The summed E-state index contributed by atoms with van der Waals surface area (Å²) in [6.07, 6.45) is 0. The maximum absolute atomic E-state index is 12.0. The Morgan fingerprint density at radius 1 is 1.29 bits per heavy atom. The molecule has 0 bridgehead atoms. The molecule has 3 rings (SSSR count). The van der Waals surface area contributed by atoms with Gasteiger partial charge in [0.05, 0.1) is 14.9 Å². The fourth-order valence-electron chi connectivity index (χ4n) is 1.74. The summed E-state index contributed by atoms with van der Waals surface area (Å²) in [7, 11) is 0. The fraction of sp³-hybridized carbons (Fsp3) is 0. The third kappa shape index (κ3) is 2.55. The number of aromatic hydroxyl groups is 1. The molecule has 0 radical (unpaired) electrons. The van der Waals surface area contributed by atoms with Crippen molar-refractivity contribution in [2.45, 2.75) is 0 Å². The quantitative estimate of drug-likeness (QED) is 0.725. The summed E-state index contributed by atoms with van der Waals surface area (Å²) in [6.45, 7) is 0. The molecule has 21 heavy (non-hydrogen) atoms. The van der Waals surface area contributed by atoms with Gasteiger partial charge in [-0.05, 0) is 18.2 Å². The average Bonchev–Trinajstić information content (AvgIpc) is 2.97. The standard InChI is InChI=1S/C12H6Cl3N3O2S/c13-5-1-2-8(19)7(3-5)18-12(20)16-11(17-18)10-9(15)6(14)4-21-10/h1-4,19H,(H,16,17,20). The van der Waals surface area contributed by atoms with Crippen LogP contribution in [0.1, 0.15) is 0 Å². The predicted octanol–water partition coefficient (Wildman–Crippen LogP) is 3.95. The van der Waals surface area contributed by atoms with E-state index in [2.05, 4.69) is 10.1 Å². The molecule has 108 valence electrons. The van der Waals surface area contributed by atoms with E-state index >= 15 is 0 Å². The maximum atomic E-state index is 12.0. The summed E-state index contributed by atoms with van der Waals surface area (Å²) in [5.74, 6) is 0.149. The summed E-state index contributed by atoms with van der Waals surface area (Å²) in [6, 6.07) is 4.33. The van der Waals surface area contributed by atoms with Crippen LogP contribution in [0.15, 0.2) is 28.4 Å². The first-order valence-electron chi connectivity index (χ1n) is 5.58. The molecule has 0 saturated heterocycles. The van der Waals surface area contributed by atoms with Gasteiger partial charge >= 0.3 is 5.69 Å². The molecule has 5 nitrogen and oxygen atoms in total. The van der Waals surface area contributed by atoms with Gasteiger partial charge in [0.2, 0.25) is 0 Å². The number of nitrogens with zero attached hydrogens (tertiary/aromatic N) is 2. The number of rotatable bonds is 2. The second-order valence-electron chi connectivity index (χ2n) is 4.05. The van der Waals surface area contributed by atoms with Gasteiger partial charge in [0, 0.05) is 10.4 Å². The van der Waals surface area contributed by atoms with Gasteiger partial charge in [0.1, 0.15) is 11.4 Å². The number of phenolic OH excluding ortho intramolecular Hbond substituents is 1. The number of aromatic nitrogens is 3. The highest BCUT2D eigenvalue weighted by molar-refractivity contribution is 7.14. The molecule has 2 N–H and O–H groups in total. The van der Waals surface area contributed by atoms with E-state index in [0.29, 0.717) is 19.9 Å². The van der Waals surface area contributed by atoms with Gasteiger partial charge < -0.3 is 5.11 Å². The van der Waals surface area contributed by atoms with Crippen molar-refractivity contribution >= 4 is 46.1 Å². The van der Waals surface area contributed by atoms with Crippen molar-refractivity contribution in [2.24, 2.45) is 0 Å². The Morgan fingerprint density at radius 3 is 2.71 bits per heavy atom. The number of phenols is 1. The molecule has 0 aliphatic carbocycles. The van der Waals surface area contributed by atoms with Gasteiger partial charge in [-0.1, -0.05) is 34.8 Å². The van der Waals surface area contributed by atoms with Crippen molar-refractivity contribution in [2.75, 3.05) is 0 Å². The molecule has 2 aromatic heterocycles. The topological polar surface area (TPSA) is 70.9 Å². The lowest BCUT2D eigenvalue weighted by Crippen LogP contribution is -2.16. The number of halogens is 3. The van der Waals surface area contributed by atoms with Crippen LogP contribution < -0.4 is 5.69 Å². The van der Waals surface area contributed by atoms with E-state index < -0.39 is 5.69 Å². The van der Waals surface area contributed by atoms with Gasteiger partial charge in [-0.3, -0.25) is 4.98 Å². The molecule has 0 fully saturated rings. The van der Waals surface area contributed by atoms with Crippen molar-refractivity contribution < 1.29 is 5.11 Å². The van der Waals surface area contributed by atoms with Gasteiger partial charge in [-0.15, -0.1) is 16.4 Å². The first kappa shape index (κ1) is 14.5. The highest BCUT2D eigenvalue weighted by Gasteiger charge is 2.17. The highest BCUT2D eigenvalue weighted by atomic mass is 35.5. The SMILES string of the molecule is O=c1[nH]c(-c2scc(Cl)c2Cl)nn1-c1cc(Cl)ccc1O. The van der Waals surface area contributed by atoms with E-state index in [4.69, 9.17) is 34.8 Å². The lowest BCUT2D eigenvalue weighted by molar-refractivity contribution is 0.470. The average molecular weight is 363 g/mol. The van der Waals surface area contributed by atoms with E-state index in [1.54, 1.807) is 5.38 Å². The molecule has 9 heteroatoms. The van der Waals surface area contributed by atoms with Gasteiger partial charge in [-0.2, -0.15) is 4.68 Å². The van der Waals surface area contributed by atoms with Gasteiger partial charge in [0.25, 0.3) is 0 Å².